The molecule has 6 heteroatoms. The van der Waals surface area contributed by atoms with Crippen LogP contribution in [0.4, 0.5) is 0 Å². The van der Waals surface area contributed by atoms with E-state index in [0.717, 1.165) is 0 Å². The molecule has 0 aliphatic rings. The molecule has 1 atom stereocenters. The number of terminal acetylenes is 1. The highest BCUT2D eigenvalue weighted by atomic mass is 31.2. The first kappa shape index (κ1) is 9.47. The van der Waals surface area contributed by atoms with Gasteiger partial charge in [0.15, 0.2) is 0 Å². The maximum absolute atomic E-state index is 10.5. The number of aliphatic hydroxyl groups excluding tert-OH is 1. The minimum Gasteiger partial charge on any atom is -0.395 e. The standard InChI is InChI=1S/C4H8NO4P/c1-2-9-10(7,8)5-3-4-6/h1,6H,3-4H2,(H2,5,7,8). The van der Waals surface area contributed by atoms with Gasteiger partial charge in [0.25, 0.3) is 0 Å². The molecule has 10 heavy (non-hydrogen) atoms. The second-order valence-electron chi connectivity index (χ2n) is 1.36. The van der Waals surface area contributed by atoms with Crippen LogP contribution in [0.15, 0.2) is 0 Å². The highest BCUT2D eigenvalue weighted by Crippen LogP contribution is 2.35. The summed E-state index contributed by atoms with van der Waals surface area (Å²) in [6, 6.07) is 0. The van der Waals surface area contributed by atoms with E-state index in [0.29, 0.717) is 0 Å². The van der Waals surface area contributed by atoms with Gasteiger partial charge in [0.1, 0.15) is 6.11 Å². The average molecular weight is 165 g/mol. The zero-order valence-corrected chi connectivity index (χ0v) is 6.04. The number of nitrogens with one attached hydrogen (secondary N) is 1. The van der Waals surface area contributed by atoms with Crippen LogP contribution in [0.25, 0.3) is 0 Å². The van der Waals surface area contributed by atoms with Gasteiger partial charge in [-0.3, -0.25) is 0 Å². The summed E-state index contributed by atoms with van der Waals surface area (Å²) in [4.78, 5) is 8.61. The maximum atomic E-state index is 10.5. The molecule has 0 aliphatic carbocycles. The molecule has 1 unspecified atom stereocenters. The Morgan fingerprint density at radius 3 is 2.80 bits per heavy atom. The Morgan fingerprint density at radius 1 is 1.80 bits per heavy atom. The third-order valence-electron chi connectivity index (χ3n) is 0.600. The van der Waals surface area contributed by atoms with Crippen LogP contribution >= 0.6 is 7.75 Å². The molecule has 5 nitrogen and oxygen atoms in total. The summed E-state index contributed by atoms with van der Waals surface area (Å²) in [5.74, 6) is 0. The summed E-state index contributed by atoms with van der Waals surface area (Å²) in [5, 5.41) is 10.2. The summed E-state index contributed by atoms with van der Waals surface area (Å²) >= 11 is 0. The Labute approximate surface area is 58.6 Å². The van der Waals surface area contributed by atoms with E-state index in [4.69, 9.17) is 10.00 Å². The van der Waals surface area contributed by atoms with E-state index >= 15 is 0 Å². The molecule has 0 saturated carbocycles. The fourth-order valence-electron chi connectivity index (χ4n) is 0.295. The summed E-state index contributed by atoms with van der Waals surface area (Å²) in [7, 11) is -3.86. The molecule has 0 spiro atoms. The Bertz CT molecular complexity index is 175. The molecular weight excluding hydrogens is 157 g/mol. The Balaban J connectivity index is 3.67. The monoisotopic (exact) mass is 165 g/mol. The number of hydrogen-bond donors (Lipinski definition) is 3. The SMILES string of the molecule is C#COP(=O)(O)NCCO. The highest BCUT2D eigenvalue weighted by molar-refractivity contribution is 7.50. The van der Waals surface area contributed by atoms with Crippen LogP contribution < -0.4 is 5.09 Å². The van der Waals surface area contributed by atoms with E-state index in [-0.39, 0.29) is 13.2 Å². The van der Waals surface area contributed by atoms with E-state index in [1.807, 2.05) is 5.09 Å². The normalized spacial score (nSPS) is 15.3. The fraction of sp³-hybridized carbons (Fsp3) is 0.500. The Kier molecular flexibility index (Phi) is 4.08. The predicted molar refractivity (Wildman–Crippen MR) is 34.8 cm³/mol. The molecule has 0 fully saturated rings. The van der Waals surface area contributed by atoms with Gasteiger partial charge < -0.3 is 14.5 Å². The third kappa shape index (κ3) is 4.36. The van der Waals surface area contributed by atoms with Gasteiger partial charge in [0, 0.05) is 6.54 Å². The molecule has 0 bridgehead atoms. The Morgan fingerprint density at radius 2 is 2.40 bits per heavy atom. The molecule has 0 aromatic carbocycles. The molecule has 0 amide bonds. The van der Waals surface area contributed by atoms with E-state index in [1.54, 1.807) is 6.11 Å². The number of hydrogen-bond acceptors (Lipinski definition) is 3. The summed E-state index contributed by atoms with van der Waals surface area (Å²) in [6.07, 6.45) is 6.14. The van der Waals surface area contributed by atoms with Gasteiger partial charge in [-0.25, -0.2) is 9.65 Å². The topological polar surface area (TPSA) is 78.8 Å². The van der Waals surface area contributed by atoms with Crippen molar-refractivity contribution >= 4 is 7.75 Å². The van der Waals surface area contributed by atoms with E-state index < -0.39 is 7.75 Å². The zero-order chi connectivity index (χ0) is 8.04. The lowest BCUT2D eigenvalue weighted by Gasteiger charge is -2.06. The van der Waals surface area contributed by atoms with Gasteiger partial charge in [0.2, 0.25) is 0 Å². The molecule has 0 radical (unpaired) electrons. The van der Waals surface area contributed by atoms with Gasteiger partial charge in [0.05, 0.1) is 6.61 Å². The van der Waals surface area contributed by atoms with Crippen molar-refractivity contribution in [3.8, 4) is 12.5 Å². The maximum Gasteiger partial charge on any atom is 0.464 e. The molecule has 0 aliphatic heterocycles. The second-order valence-corrected chi connectivity index (χ2v) is 2.90. The fourth-order valence-corrected chi connectivity index (χ4v) is 0.885. The largest absolute Gasteiger partial charge is 0.464 e. The first-order valence-electron chi connectivity index (χ1n) is 2.45. The predicted octanol–water partition coefficient (Wildman–Crippen LogP) is -0.724. The van der Waals surface area contributed by atoms with Crippen molar-refractivity contribution < 1.29 is 19.1 Å². The molecule has 58 valence electrons. The minimum absolute atomic E-state index is 0.0323. The van der Waals surface area contributed by atoms with Crippen LogP contribution in [0.5, 0.6) is 0 Å². The van der Waals surface area contributed by atoms with Crippen LogP contribution in [0.1, 0.15) is 0 Å². The van der Waals surface area contributed by atoms with Crippen molar-refractivity contribution in [1.82, 2.24) is 5.09 Å². The van der Waals surface area contributed by atoms with Crippen molar-refractivity contribution in [1.29, 1.82) is 0 Å². The quantitative estimate of drug-likeness (QED) is 0.378. The van der Waals surface area contributed by atoms with Gasteiger partial charge in [-0.05, 0) is 0 Å². The summed E-state index contributed by atoms with van der Waals surface area (Å²) in [5.41, 5.74) is 0. The van der Waals surface area contributed by atoms with Crippen molar-refractivity contribution in [2.24, 2.45) is 0 Å². The van der Waals surface area contributed by atoms with Gasteiger partial charge >= 0.3 is 7.75 Å². The molecular formula is C4H8NO4P. The van der Waals surface area contributed by atoms with Crippen LogP contribution in [-0.4, -0.2) is 23.2 Å². The van der Waals surface area contributed by atoms with Crippen LogP contribution in [0.2, 0.25) is 0 Å². The second kappa shape index (κ2) is 4.31. The highest BCUT2D eigenvalue weighted by Gasteiger charge is 2.16. The lowest BCUT2D eigenvalue weighted by molar-refractivity contribution is 0.288. The van der Waals surface area contributed by atoms with Crippen molar-refractivity contribution in [3.05, 3.63) is 0 Å². The molecule has 0 aromatic heterocycles. The van der Waals surface area contributed by atoms with Crippen molar-refractivity contribution in [3.63, 3.8) is 0 Å². The van der Waals surface area contributed by atoms with Crippen LogP contribution in [-0.2, 0) is 9.09 Å². The van der Waals surface area contributed by atoms with Crippen molar-refractivity contribution in [2.45, 2.75) is 0 Å². The zero-order valence-electron chi connectivity index (χ0n) is 5.15. The smallest absolute Gasteiger partial charge is 0.395 e. The first-order valence-corrected chi connectivity index (χ1v) is 4.03. The minimum atomic E-state index is -3.86. The van der Waals surface area contributed by atoms with Gasteiger partial charge in [-0.2, -0.15) is 0 Å². The lowest BCUT2D eigenvalue weighted by atomic mass is 10.8. The third-order valence-corrected chi connectivity index (χ3v) is 1.58. The number of rotatable bonds is 4. The van der Waals surface area contributed by atoms with E-state index in [1.165, 1.54) is 0 Å². The molecule has 0 rings (SSSR count). The van der Waals surface area contributed by atoms with Gasteiger partial charge in [-0.15, -0.1) is 0 Å². The summed E-state index contributed by atoms with van der Waals surface area (Å²) in [6.45, 7) is -0.284. The lowest BCUT2D eigenvalue weighted by Crippen LogP contribution is -2.15. The summed E-state index contributed by atoms with van der Waals surface area (Å²) < 4.78 is 14.5. The van der Waals surface area contributed by atoms with Crippen LogP contribution in [0, 0.1) is 12.5 Å². The molecule has 0 aromatic rings. The first-order chi connectivity index (χ1) is 4.62. The van der Waals surface area contributed by atoms with Gasteiger partial charge in [-0.1, -0.05) is 6.42 Å². The Hall–Kier alpha value is -0.530. The average Bonchev–Trinajstić information content (AvgIpc) is 1.84. The van der Waals surface area contributed by atoms with E-state index in [9.17, 15) is 4.57 Å². The van der Waals surface area contributed by atoms with E-state index in [2.05, 4.69) is 10.9 Å². The molecule has 3 N–H and O–H groups in total. The van der Waals surface area contributed by atoms with Crippen molar-refractivity contribution in [2.75, 3.05) is 13.2 Å². The molecule has 0 heterocycles. The molecule has 0 saturated heterocycles. The number of aliphatic hydroxyl groups is 1. The van der Waals surface area contributed by atoms with Crippen LogP contribution in [0.3, 0.4) is 0 Å².